The lowest BCUT2D eigenvalue weighted by atomic mass is 10.1. The summed E-state index contributed by atoms with van der Waals surface area (Å²) in [4.78, 5) is 15.4. The number of carbonyl (C=O) groups is 1. The quantitative estimate of drug-likeness (QED) is 0.768. The molecule has 0 aliphatic heterocycles. The van der Waals surface area contributed by atoms with E-state index in [1.807, 2.05) is 0 Å². The highest BCUT2D eigenvalue weighted by Crippen LogP contribution is 2.29. The van der Waals surface area contributed by atoms with Crippen LogP contribution in [0.5, 0.6) is 11.5 Å². The van der Waals surface area contributed by atoms with Gasteiger partial charge in [0.1, 0.15) is 0 Å². The van der Waals surface area contributed by atoms with E-state index in [1.165, 1.54) is 0 Å². The van der Waals surface area contributed by atoms with Crippen molar-refractivity contribution in [3.8, 4) is 11.5 Å². The third kappa shape index (κ3) is 3.10. The summed E-state index contributed by atoms with van der Waals surface area (Å²) in [7, 11) is 3.10. The summed E-state index contributed by atoms with van der Waals surface area (Å²) in [6.45, 7) is 3.78. The summed E-state index contributed by atoms with van der Waals surface area (Å²) >= 11 is 0. The van der Waals surface area contributed by atoms with E-state index in [0.29, 0.717) is 23.7 Å². The van der Waals surface area contributed by atoms with Gasteiger partial charge in [-0.05, 0) is 13.8 Å². The monoisotopic (exact) mass is 253 g/mol. The van der Waals surface area contributed by atoms with E-state index in [2.05, 4.69) is 10.3 Å². The summed E-state index contributed by atoms with van der Waals surface area (Å²) in [5.41, 5.74) is 5.13. The number of pyridine rings is 1. The molecule has 1 aromatic heterocycles. The van der Waals surface area contributed by atoms with Crippen molar-refractivity contribution in [3.63, 3.8) is 0 Å². The number of hydrogen-bond acceptors (Lipinski definition) is 5. The molecule has 0 atom stereocenters. The molecule has 1 amide bonds. The average molecular weight is 253 g/mol. The van der Waals surface area contributed by atoms with Crippen LogP contribution in [0, 0.1) is 0 Å². The summed E-state index contributed by atoms with van der Waals surface area (Å²) in [5.74, 6) is 0.721. The zero-order valence-electron chi connectivity index (χ0n) is 11.1. The highest BCUT2D eigenvalue weighted by atomic mass is 16.5. The smallest absolute Gasteiger partial charge is 0.237 e. The maximum atomic E-state index is 11.2. The number of amides is 1. The Kier molecular flexibility index (Phi) is 4.49. The predicted molar refractivity (Wildman–Crippen MR) is 67.5 cm³/mol. The van der Waals surface area contributed by atoms with Gasteiger partial charge in [-0.3, -0.25) is 15.1 Å². The van der Waals surface area contributed by atoms with Crippen molar-refractivity contribution in [2.45, 2.75) is 25.9 Å². The first-order valence-corrected chi connectivity index (χ1v) is 5.53. The number of ether oxygens (including phenoxy) is 2. The van der Waals surface area contributed by atoms with Crippen LogP contribution in [0.2, 0.25) is 0 Å². The first-order valence-electron chi connectivity index (χ1n) is 5.53. The molecule has 0 saturated carbocycles. The molecule has 6 nitrogen and oxygen atoms in total. The fourth-order valence-electron chi connectivity index (χ4n) is 1.37. The molecule has 6 heteroatoms. The van der Waals surface area contributed by atoms with Gasteiger partial charge in [-0.2, -0.15) is 0 Å². The third-order valence-corrected chi connectivity index (χ3v) is 2.68. The first-order chi connectivity index (χ1) is 8.42. The van der Waals surface area contributed by atoms with E-state index in [1.54, 1.807) is 40.3 Å². The van der Waals surface area contributed by atoms with Crippen LogP contribution in [0.4, 0.5) is 0 Å². The second-order valence-electron chi connectivity index (χ2n) is 4.34. The maximum absolute atomic E-state index is 11.2. The second kappa shape index (κ2) is 5.68. The number of carbonyl (C=O) groups excluding carboxylic acids is 1. The Morgan fingerprint density at radius 3 is 2.61 bits per heavy atom. The number of nitrogens with one attached hydrogen (secondary N) is 1. The van der Waals surface area contributed by atoms with Crippen LogP contribution in [0.15, 0.2) is 12.3 Å². The van der Waals surface area contributed by atoms with E-state index < -0.39 is 11.4 Å². The largest absolute Gasteiger partial charge is 0.493 e. The number of methoxy groups -OCH3 is 2. The van der Waals surface area contributed by atoms with Crippen molar-refractivity contribution in [1.82, 2.24) is 10.3 Å². The van der Waals surface area contributed by atoms with Crippen molar-refractivity contribution < 1.29 is 14.3 Å². The number of nitrogens with two attached hydrogens (primary N) is 1. The Labute approximate surface area is 106 Å². The van der Waals surface area contributed by atoms with Crippen LogP contribution >= 0.6 is 0 Å². The van der Waals surface area contributed by atoms with Crippen LogP contribution in [0.25, 0.3) is 0 Å². The number of aromatic nitrogens is 1. The number of nitrogens with zero attached hydrogens (tertiary/aromatic N) is 1. The predicted octanol–water partition coefficient (Wildman–Crippen LogP) is 0.452. The van der Waals surface area contributed by atoms with Gasteiger partial charge < -0.3 is 15.2 Å². The summed E-state index contributed by atoms with van der Waals surface area (Å²) in [5, 5.41) is 3.03. The van der Waals surface area contributed by atoms with Gasteiger partial charge in [-0.1, -0.05) is 0 Å². The van der Waals surface area contributed by atoms with Gasteiger partial charge in [0.25, 0.3) is 0 Å². The Balaban J connectivity index is 2.88. The van der Waals surface area contributed by atoms with Crippen LogP contribution in [0.1, 0.15) is 19.5 Å². The van der Waals surface area contributed by atoms with Crippen molar-refractivity contribution >= 4 is 5.91 Å². The molecule has 3 N–H and O–H groups in total. The van der Waals surface area contributed by atoms with E-state index in [4.69, 9.17) is 15.2 Å². The fraction of sp³-hybridized carbons (Fsp3) is 0.500. The zero-order valence-corrected chi connectivity index (χ0v) is 11.1. The van der Waals surface area contributed by atoms with E-state index >= 15 is 0 Å². The van der Waals surface area contributed by atoms with E-state index in [-0.39, 0.29) is 0 Å². The van der Waals surface area contributed by atoms with Gasteiger partial charge in [-0.15, -0.1) is 0 Å². The molecular weight excluding hydrogens is 234 g/mol. The lowest BCUT2D eigenvalue weighted by Gasteiger charge is -2.22. The molecule has 100 valence electrons. The molecule has 0 fully saturated rings. The molecule has 0 aromatic carbocycles. The average Bonchev–Trinajstić information content (AvgIpc) is 2.35. The van der Waals surface area contributed by atoms with Crippen molar-refractivity contribution in [2.24, 2.45) is 5.73 Å². The fourth-order valence-corrected chi connectivity index (χ4v) is 1.37. The second-order valence-corrected chi connectivity index (χ2v) is 4.34. The molecule has 0 aliphatic rings. The van der Waals surface area contributed by atoms with E-state index in [0.717, 1.165) is 0 Å². The summed E-state index contributed by atoms with van der Waals surface area (Å²) in [6.07, 6.45) is 1.62. The normalized spacial score (nSPS) is 11.1. The molecule has 18 heavy (non-hydrogen) atoms. The van der Waals surface area contributed by atoms with Gasteiger partial charge in [0.15, 0.2) is 11.5 Å². The standard InChI is InChI=1S/C12H19N3O3/c1-12(2,11(13)16)15-7-8-10(18-4)9(17-3)5-6-14-8/h5-6,15H,7H2,1-4H3,(H2,13,16). The van der Waals surface area contributed by atoms with Crippen molar-refractivity contribution in [2.75, 3.05) is 14.2 Å². The molecule has 0 saturated heterocycles. The highest BCUT2D eigenvalue weighted by molar-refractivity contribution is 5.83. The molecule has 0 bridgehead atoms. The maximum Gasteiger partial charge on any atom is 0.237 e. The Morgan fingerprint density at radius 2 is 2.11 bits per heavy atom. The van der Waals surface area contributed by atoms with Gasteiger partial charge >= 0.3 is 0 Å². The van der Waals surface area contributed by atoms with Crippen LogP contribution < -0.4 is 20.5 Å². The van der Waals surface area contributed by atoms with Gasteiger partial charge in [0, 0.05) is 18.8 Å². The molecule has 0 spiro atoms. The molecule has 0 radical (unpaired) electrons. The van der Waals surface area contributed by atoms with Gasteiger partial charge in [0.2, 0.25) is 5.91 Å². The molecule has 0 aliphatic carbocycles. The van der Waals surface area contributed by atoms with Crippen LogP contribution in [0.3, 0.4) is 0 Å². The Hall–Kier alpha value is -1.82. The third-order valence-electron chi connectivity index (χ3n) is 2.68. The Bertz CT molecular complexity index is 433. The van der Waals surface area contributed by atoms with Crippen molar-refractivity contribution in [1.29, 1.82) is 0 Å². The minimum atomic E-state index is -0.810. The zero-order chi connectivity index (χ0) is 13.8. The number of primary amides is 1. The Morgan fingerprint density at radius 1 is 1.44 bits per heavy atom. The number of hydrogen-bond donors (Lipinski definition) is 2. The molecular formula is C12H19N3O3. The number of rotatable bonds is 6. The molecule has 0 unspecified atom stereocenters. The lowest BCUT2D eigenvalue weighted by molar-refractivity contribution is -0.123. The van der Waals surface area contributed by atoms with Gasteiger partial charge in [-0.25, -0.2) is 0 Å². The SMILES string of the molecule is COc1ccnc(CNC(C)(C)C(N)=O)c1OC. The minimum absolute atomic E-state index is 0.357. The summed E-state index contributed by atoms with van der Waals surface area (Å²) < 4.78 is 10.4. The molecule has 1 heterocycles. The van der Waals surface area contributed by atoms with Crippen LogP contribution in [-0.2, 0) is 11.3 Å². The van der Waals surface area contributed by atoms with Crippen molar-refractivity contribution in [3.05, 3.63) is 18.0 Å². The first kappa shape index (κ1) is 14.2. The van der Waals surface area contributed by atoms with Gasteiger partial charge in [0.05, 0.1) is 25.5 Å². The summed E-state index contributed by atoms with van der Waals surface area (Å²) in [6, 6.07) is 1.71. The molecule has 1 aromatic rings. The lowest BCUT2D eigenvalue weighted by Crippen LogP contribution is -2.50. The van der Waals surface area contributed by atoms with Crippen LogP contribution in [-0.4, -0.2) is 30.6 Å². The van der Waals surface area contributed by atoms with E-state index in [9.17, 15) is 4.79 Å². The topological polar surface area (TPSA) is 86.5 Å². The minimum Gasteiger partial charge on any atom is -0.493 e. The molecule has 1 rings (SSSR count). The highest BCUT2D eigenvalue weighted by Gasteiger charge is 2.24.